The summed E-state index contributed by atoms with van der Waals surface area (Å²) in [6.45, 7) is 9.89. The number of carbonyl (C=O) groups excluding carboxylic acids is 1. The van der Waals surface area contributed by atoms with Crippen molar-refractivity contribution in [3.8, 4) is 0 Å². The molecule has 2 bridgehead atoms. The lowest BCUT2D eigenvalue weighted by atomic mass is 9.85. The highest BCUT2D eigenvalue weighted by molar-refractivity contribution is 5.69. The van der Waals surface area contributed by atoms with Gasteiger partial charge in [-0.3, -0.25) is 4.90 Å². The maximum absolute atomic E-state index is 12.8. The third-order valence-corrected chi connectivity index (χ3v) is 6.07. The van der Waals surface area contributed by atoms with Gasteiger partial charge in [-0.2, -0.15) is 0 Å². The van der Waals surface area contributed by atoms with Gasteiger partial charge < -0.3 is 33.9 Å². The molecule has 0 aromatic heterocycles. The smallest absolute Gasteiger partial charge is 0.410 e. The summed E-state index contributed by atoms with van der Waals surface area (Å²) in [5.41, 5.74) is -0.607. The molecule has 9 heteroatoms. The van der Waals surface area contributed by atoms with E-state index in [-0.39, 0.29) is 24.9 Å². The first kappa shape index (κ1) is 21.3. The van der Waals surface area contributed by atoms with Crippen LogP contribution in [-0.4, -0.2) is 88.6 Å². The predicted molar refractivity (Wildman–Crippen MR) is 99.9 cm³/mol. The zero-order valence-corrected chi connectivity index (χ0v) is 17.7. The Morgan fingerprint density at radius 1 is 1.14 bits per heavy atom. The molecule has 0 aromatic carbocycles. The summed E-state index contributed by atoms with van der Waals surface area (Å²) in [7, 11) is 0. The molecule has 9 nitrogen and oxygen atoms in total. The minimum Gasteiger partial charge on any atom is -0.444 e. The Morgan fingerprint density at radius 3 is 2.55 bits per heavy atom. The second-order valence-corrected chi connectivity index (χ2v) is 9.94. The molecule has 4 aliphatic heterocycles. The number of fused-ring (bicyclic) bond motifs is 3. The van der Waals surface area contributed by atoms with Gasteiger partial charge in [-0.1, -0.05) is 0 Å². The monoisotopic (exact) mass is 415 g/mol. The minimum absolute atomic E-state index is 0.230. The van der Waals surface area contributed by atoms with Crippen molar-refractivity contribution < 1.29 is 38.7 Å². The van der Waals surface area contributed by atoms with Gasteiger partial charge >= 0.3 is 6.09 Å². The first-order chi connectivity index (χ1) is 13.5. The third-order valence-electron chi connectivity index (χ3n) is 6.07. The first-order valence-corrected chi connectivity index (χ1v) is 10.4. The second kappa shape index (κ2) is 7.32. The molecule has 0 aliphatic carbocycles. The third kappa shape index (κ3) is 4.13. The number of hydrogen-bond acceptors (Lipinski definition) is 8. The lowest BCUT2D eigenvalue weighted by molar-refractivity contribution is -0.211. The van der Waals surface area contributed by atoms with E-state index in [9.17, 15) is 15.0 Å². The van der Waals surface area contributed by atoms with Crippen molar-refractivity contribution in [1.82, 2.24) is 4.90 Å². The van der Waals surface area contributed by atoms with E-state index >= 15 is 0 Å². The van der Waals surface area contributed by atoms with E-state index in [1.165, 1.54) is 0 Å². The first-order valence-electron chi connectivity index (χ1n) is 10.4. The number of aliphatic hydroxyl groups excluding tert-OH is 2. The van der Waals surface area contributed by atoms with Crippen molar-refractivity contribution in [1.29, 1.82) is 0 Å². The molecule has 0 aromatic rings. The Bertz CT molecular complexity index is 618. The molecule has 2 N–H and O–H groups in total. The molecular weight excluding hydrogens is 382 g/mol. The number of carbonyl (C=O) groups is 1. The number of ether oxygens (including phenoxy) is 5. The van der Waals surface area contributed by atoms with Gasteiger partial charge in [-0.15, -0.1) is 0 Å². The van der Waals surface area contributed by atoms with E-state index in [0.717, 1.165) is 0 Å². The second-order valence-electron chi connectivity index (χ2n) is 9.94. The molecule has 4 heterocycles. The maximum atomic E-state index is 12.8. The van der Waals surface area contributed by atoms with Gasteiger partial charge in [0.1, 0.15) is 30.0 Å². The standard InChI is InChI=1S/C20H33NO8/c1-19(2,3)29-18(24)21-8-12-16(28-20(4,5)27-12)11(21)7-6-10-14(22)13-9-25-17(26-13)15(10)23/h10-17,22-23H,6-9H2,1-5H3/t10-,11-,12-,13+,14+,15+,16+,17+/m0/s1. The average molecular weight is 415 g/mol. The normalized spacial score (nSPS) is 43.5. The molecule has 8 atom stereocenters. The highest BCUT2D eigenvalue weighted by atomic mass is 16.8. The van der Waals surface area contributed by atoms with Crippen molar-refractivity contribution in [2.75, 3.05) is 13.2 Å². The molecule has 4 fully saturated rings. The van der Waals surface area contributed by atoms with Crippen molar-refractivity contribution in [2.45, 2.75) is 102 Å². The van der Waals surface area contributed by atoms with Crippen LogP contribution in [-0.2, 0) is 23.7 Å². The summed E-state index contributed by atoms with van der Waals surface area (Å²) in [5, 5.41) is 21.1. The van der Waals surface area contributed by atoms with E-state index in [1.54, 1.807) is 4.90 Å². The van der Waals surface area contributed by atoms with E-state index in [4.69, 9.17) is 23.7 Å². The van der Waals surface area contributed by atoms with Crippen LogP contribution in [0.3, 0.4) is 0 Å². The quantitative estimate of drug-likeness (QED) is 0.703. The average Bonchev–Trinajstić information content (AvgIpc) is 3.23. The number of aliphatic hydroxyl groups is 2. The van der Waals surface area contributed by atoms with Crippen LogP contribution in [0.25, 0.3) is 0 Å². The van der Waals surface area contributed by atoms with Gasteiger partial charge in [0.25, 0.3) is 0 Å². The van der Waals surface area contributed by atoms with Crippen LogP contribution < -0.4 is 0 Å². The maximum Gasteiger partial charge on any atom is 0.410 e. The van der Waals surface area contributed by atoms with Gasteiger partial charge in [0, 0.05) is 5.92 Å². The summed E-state index contributed by atoms with van der Waals surface area (Å²) in [4.78, 5) is 14.5. The fourth-order valence-corrected chi connectivity index (χ4v) is 4.87. The van der Waals surface area contributed by atoms with Crippen LogP contribution in [0.4, 0.5) is 4.79 Å². The summed E-state index contributed by atoms with van der Waals surface area (Å²) in [6.07, 6.45) is -2.71. The van der Waals surface area contributed by atoms with Gasteiger partial charge in [-0.25, -0.2) is 4.79 Å². The molecule has 0 spiro atoms. The molecule has 1 amide bonds. The van der Waals surface area contributed by atoms with Crippen LogP contribution in [0.15, 0.2) is 0 Å². The number of amides is 1. The highest BCUT2D eigenvalue weighted by Crippen LogP contribution is 2.41. The number of nitrogens with zero attached hydrogens (tertiary/aromatic N) is 1. The molecule has 0 saturated carbocycles. The van der Waals surface area contributed by atoms with Gasteiger partial charge in [0.05, 0.1) is 25.3 Å². The van der Waals surface area contributed by atoms with Crippen molar-refractivity contribution in [2.24, 2.45) is 5.92 Å². The zero-order chi connectivity index (χ0) is 21.1. The number of likely N-dealkylation sites (tertiary alicyclic amines) is 1. The van der Waals surface area contributed by atoms with E-state index in [2.05, 4.69) is 0 Å². The van der Waals surface area contributed by atoms with Gasteiger partial charge in [0.2, 0.25) is 0 Å². The Hall–Kier alpha value is -0.970. The number of hydrogen-bond donors (Lipinski definition) is 2. The Kier molecular flexibility index (Phi) is 5.37. The van der Waals surface area contributed by atoms with Crippen LogP contribution >= 0.6 is 0 Å². The van der Waals surface area contributed by atoms with Crippen LogP contribution in [0, 0.1) is 5.92 Å². The van der Waals surface area contributed by atoms with E-state index in [1.807, 2.05) is 34.6 Å². The topological polar surface area (TPSA) is 107 Å². The summed E-state index contributed by atoms with van der Waals surface area (Å²) < 4.78 is 28.6. The van der Waals surface area contributed by atoms with Crippen LogP contribution in [0.1, 0.15) is 47.5 Å². The zero-order valence-electron chi connectivity index (χ0n) is 17.7. The fourth-order valence-electron chi connectivity index (χ4n) is 4.87. The van der Waals surface area contributed by atoms with Gasteiger partial charge in [-0.05, 0) is 47.5 Å². The molecule has 4 aliphatic rings. The minimum atomic E-state index is -0.909. The molecule has 166 valence electrons. The van der Waals surface area contributed by atoms with Gasteiger partial charge in [0.15, 0.2) is 12.1 Å². The summed E-state index contributed by atoms with van der Waals surface area (Å²) in [5.74, 6) is -1.10. The summed E-state index contributed by atoms with van der Waals surface area (Å²) >= 11 is 0. The molecule has 0 unspecified atom stereocenters. The van der Waals surface area contributed by atoms with Crippen LogP contribution in [0.2, 0.25) is 0 Å². The largest absolute Gasteiger partial charge is 0.444 e. The van der Waals surface area contributed by atoms with Crippen molar-refractivity contribution in [3.63, 3.8) is 0 Å². The lowest BCUT2D eigenvalue weighted by Crippen LogP contribution is -2.51. The van der Waals surface area contributed by atoms with E-state index < -0.39 is 48.0 Å². The summed E-state index contributed by atoms with van der Waals surface area (Å²) in [6, 6.07) is -0.266. The van der Waals surface area contributed by atoms with Crippen molar-refractivity contribution >= 4 is 6.09 Å². The molecular formula is C20H33NO8. The predicted octanol–water partition coefficient (Wildman–Crippen LogP) is 0.999. The Balaban J connectivity index is 1.47. The lowest BCUT2D eigenvalue weighted by Gasteiger charge is -2.37. The molecule has 0 radical (unpaired) electrons. The number of rotatable bonds is 3. The van der Waals surface area contributed by atoms with E-state index in [0.29, 0.717) is 19.4 Å². The Labute approximate surface area is 171 Å². The SMILES string of the molecule is CC(C)(C)OC(=O)N1C[C@@H]2OC(C)(C)O[C@@H]2[C@@H]1CC[C@H]1[C@@H](O)[C@H]2CO[C@H](O2)[C@@H]1O. The van der Waals surface area contributed by atoms with Crippen molar-refractivity contribution in [3.05, 3.63) is 0 Å². The molecule has 4 rings (SSSR count). The van der Waals surface area contributed by atoms with Crippen LogP contribution in [0.5, 0.6) is 0 Å². The molecule has 4 saturated heterocycles. The molecule has 29 heavy (non-hydrogen) atoms. The highest BCUT2D eigenvalue weighted by Gasteiger charge is 2.55. The Morgan fingerprint density at radius 2 is 1.86 bits per heavy atom. The fraction of sp³-hybridized carbons (Fsp3) is 0.950.